The third-order valence-corrected chi connectivity index (χ3v) is 3.40. The number of halogens is 4. The van der Waals surface area contributed by atoms with Gasteiger partial charge in [-0.15, -0.1) is 11.6 Å². The van der Waals surface area contributed by atoms with Crippen LogP contribution in [0.1, 0.15) is 33.6 Å². The van der Waals surface area contributed by atoms with Gasteiger partial charge in [-0.2, -0.15) is 0 Å². The van der Waals surface area contributed by atoms with E-state index in [4.69, 9.17) is 56.5 Å². The molecule has 0 spiro atoms. The van der Waals surface area contributed by atoms with Crippen molar-refractivity contribution < 1.29 is 4.74 Å². The number of ether oxygens (including phenoxy) is 1. The largest absolute Gasteiger partial charge is 0.481 e. The van der Waals surface area contributed by atoms with Crippen molar-refractivity contribution in [2.24, 2.45) is 5.41 Å². The van der Waals surface area contributed by atoms with Crippen LogP contribution >= 0.6 is 46.4 Å². The molecule has 1 unspecified atom stereocenters. The number of hydrogen-bond donors (Lipinski definition) is 1. The van der Waals surface area contributed by atoms with Gasteiger partial charge in [-0.1, -0.05) is 48.7 Å². The topological polar surface area (TPSA) is 33.1 Å². The number of rotatable bonds is 5. The first kappa shape index (κ1) is 16.6. The third kappa shape index (κ3) is 7.05. The lowest BCUT2D eigenvalue weighted by Gasteiger charge is -2.31. The fraction of sp³-hybridized carbons (Fsp3) is 0.900. The molecule has 0 fully saturated rings. The van der Waals surface area contributed by atoms with Crippen molar-refractivity contribution in [2.75, 3.05) is 6.61 Å². The molecule has 1 N–H and O–H groups in total. The molecule has 0 aromatic rings. The second kappa shape index (κ2) is 6.53. The van der Waals surface area contributed by atoms with E-state index in [1.54, 1.807) is 0 Å². The van der Waals surface area contributed by atoms with E-state index >= 15 is 0 Å². The molecule has 0 amide bonds. The molecule has 0 aliphatic heterocycles. The molecule has 0 aliphatic carbocycles. The lowest BCUT2D eigenvalue weighted by molar-refractivity contribution is 0.271. The Kier molecular flexibility index (Phi) is 6.79. The van der Waals surface area contributed by atoms with Crippen molar-refractivity contribution in [2.45, 2.75) is 42.8 Å². The van der Waals surface area contributed by atoms with E-state index in [0.29, 0.717) is 13.0 Å². The molecule has 96 valence electrons. The summed E-state index contributed by atoms with van der Waals surface area (Å²) in [6, 6.07) is 0. The van der Waals surface area contributed by atoms with Crippen LogP contribution in [0, 0.1) is 10.8 Å². The van der Waals surface area contributed by atoms with Gasteiger partial charge >= 0.3 is 0 Å². The van der Waals surface area contributed by atoms with Gasteiger partial charge in [-0.25, -0.2) is 0 Å². The average Bonchev–Trinajstić information content (AvgIpc) is 1.99. The summed E-state index contributed by atoms with van der Waals surface area (Å²) in [5, 5.41) is 7.26. The number of nitrogens with one attached hydrogen (secondary N) is 1. The fourth-order valence-electron chi connectivity index (χ4n) is 1.23. The highest BCUT2D eigenvalue weighted by Gasteiger charge is 2.35. The Morgan fingerprint density at radius 1 is 1.31 bits per heavy atom. The highest BCUT2D eigenvalue weighted by atomic mass is 35.6. The maximum Gasteiger partial charge on any atom is 0.192 e. The van der Waals surface area contributed by atoms with Crippen LogP contribution in [0.4, 0.5) is 0 Å². The molecule has 0 radical (unpaired) electrons. The lowest BCUT2D eigenvalue weighted by Crippen LogP contribution is -2.31. The molecule has 0 bridgehead atoms. The molecule has 0 saturated carbocycles. The van der Waals surface area contributed by atoms with E-state index in [-0.39, 0.29) is 23.1 Å². The molecule has 0 saturated heterocycles. The van der Waals surface area contributed by atoms with Gasteiger partial charge in [-0.3, -0.25) is 5.41 Å². The predicted octanol–water partition coefficient (Wildman–Crippen LogP) is 4.78. The van der Waals surface area contributed by atoms with E-state index in [9.17, 15) is 0 Å². The maximum atomic E-state index is 7.59. The van der Waals surface area contributed by atoms with Crippen molar-refractivity contribution >= 4 is 52.3 Å². The smallest absolute Gasteiger partial charge is 0.192 e. The summed E-state index contributed by atoms with van der Waals surface area (Å²) >= 11 is 23.3. The highest BCUT2D eigenvalue weighted by Crippen LogP contribution is 2.40. The minimum Gasteiger partial charge on any atom is -0.481 e. The lowest BCUT2D eigenvalue weighted by atomic mass is 9.84. The first-order chi connectivity index (χ1) is 7.08. The van der Waals surface area contributed by atoms with Crippen LogP contribution in [-0.2, 0) is 4.74 Å². The summed E-state index contributed by atoms with van der Waals surface area (Å²) in [6.45, 7) is 6.16. The van der Waals surface area contributed by atoms with Crippen LogP contribution in [0.5, 0.6) is 0 Å². The Morgan fingerprint density at radius 3 is 2.19 bits per heavy atom. The first-order valence-electron chi connectivity index (χ1n) is 4.99. The van der Waals surface area contributed by atoms with Crippen LogP contribution < -0.4 is 0 Å². The fourth-order valence-corrected chi connectivity index (χ4v) is 2.24. The van der Waals surface area contributed by atoms with Crippen molar-refractivity contribution in [3.8, 4) is 0 Å². The minimum atomic E-state index is -1.36. The number of alkyl halides is 4. The maximum absolute atomic E-state index is 7.59. The summed E-state index contributed by atoms with van der Waals surface area (Å²) in [6.07, 6.45) is 0.668. The van der Waals surface area contributed by atoms with Gasteiger partial charge < -0.3 is 4.74 Å². The average molecular weight is 309 g/mol. The molecule has 0 aliphatic rings. The first-order valence-corrected chi connectivity index (χ1v) is 6.56. The number of hydrogen-bond acceptors (Lipinski definition) is 2. The predicted molar refractivity (Wildman–Crippen MR) is 72.3 cm³/mol. The summed E-state index contributed by atoms with van der Waals surface area (Å²) in [4.78, 5) is 0. The molecule has 1 atom stereocenters. The van der Waals surface area contributed by atoms with E-state index in [0.717, 1.165) is 0 Å². The molecule has 0 heterocycles. The van der Waals surface area contributed by atoms with Gasteiger partial charge in [0.25, 0.3) is 0 Å². The SMILES string of the molecule is CCOC(=N)CC(C)(C)C(Cl)CC(Cl)(Cl)Cl. The van der Waals surface area contributed by atoms with E-state index in [1.807, 2.05) is 20.8 Å². The monoisotopic (exact) mass is 307 g/mol. The Hall–Kier alpha value is 0.630. The van der Waals surface area contributed by atoms with Crippen molar-refractivity contribution in [3.63, 3.8) is 0 Å². The van der Waals surface area contributed by atoms with Crippen LogP contribution in [0.3, 0.4) is 0 Å². The van der Waals surface area contributed by atoms with Crippen LogP contribution in [0.15, 0.2) is 0 Å². The second-order valence-corrected chi connectivity index (χ2v) is 7.35. The van der Waals surface area contributed by atoms with Gasteiger partial charge in [0.1, 0.15) is 0 Å². The van der Waals surface area contributed by atoms with Crippen molar-refractivity contribution in [1.29, 1.82) is 5.41 Å². The minimum absolute atomic E-state index is 0.211. The Balaban J connectivity index is 4.36. The molecule has 0 aromatic heterocycles. The van der Waals surface area contributed by atoms with E-state index < -0.39 is 3.79 Å². The Labute approximate surface area is 117 Å². The molecule has 0 aromatic carbocycles. The Morgan fingerprint density at radius 2 is 1.81 bits per heavy atom. The molecule has 6 heteroatoms. The van der Waals surface area contributed by atoms with Crippen LogP contribution in [0.2, 0.25) is 0 Å². The quantitative estimate of drug-likeness (QED) is 0.442. The van der Waals surface area contributed by atoms with E-state index in [2.05, 4.69) is 0 Å². The van der Waals surface area contributed by atoms with Crippen molar-refractivity contribution in [3.05, 3.63) is 0 Å². The summed E-state index contributed by atoms with van der Waals surface area (Å²) in [5.74, 6) is 0.211. The zero-order chi connectivity index (χ0) is 13.0. The van der Waals surface area contributed by atoms with Crippen molar-refractivity contribution in [1.82, 2.24) is 0 Å². The highest BCUT2D eigenvalue weighted by molar-refractivity contribution is 6.67. The van der Waals surface area contributed by atoms with Crippen LogP contribution in [-0.4, -0.2) is 21.7 Å². The van der Waals surface area contributed by atoms with Gasteiger partial charge in [0.15, 0.2) is 9.69 Å². The summed E-state index contributed by atoms with van der Waals surface area (Å²) in [7, 11) is 0. The summed E-state index contributed by atoms with van der Waals surface area (Å²) < 4.78 is 3.72. The third-order valence-electron chi connectivity index (χ3n) is 2.19. The standard InChI is InChI=1S/C10H17Cl4NO/c1-4-16-8(15)6-9(2,3)7(11)5-10(12,13)14/h7,15H,4-6H2,1-3H3. The second-order valence-electron chi connectivity index (χ2n) is 4.31. The van der Waals surface area contributed by atoms with Gasteiger partial charge in [0, 0.05) is 18.2 Å². The Bertz CT molecular complexity index is 237. The summed E-state index contributed by atoms with van der Waals surface area (Å²) in [5.41, 5.74) is -0.349. The molecule has 2 nitrogen and oxygen atoms in total. The molecule has 16 heavy (non-hydrogen) atoms. The van der Waals surface area contributed by atoms with Gasteiger partial charge in [-0.05, 0) is 12.3 Å². The van der Waals surface area contributed by atoms with Crippen LogP contribution in [0.25, 0.3) is 0 Å². The van der Waals surface area contributed by atoms with Gasteiger partial charge in [0.05, 0.1) is 6.61 Å². The molecule has 0 rings (SSSR count). The molecular formula is C10H17Cl4NO. The zero-order valence-electron chi connectivity index (χ0n) is 9.62. The normalized spacial score (nSPS) is 14.7. The van der Waals surface area contributed by atoms with Gasteiger partial charge in [0.2, 0.25) is 0 Å². The zero-order valence-corrected chi connectivity index (χ0v) is 12.6. The molecular weight excluding hydrogens is 292 g/mol. The van der Waals surface area contributed by atoms with E-state index in [1.165, 1.54) is 0 Å².